The number of ether oxygens (including phenoxy) is 2. The van der Waals surface area contributed by atoms with Gasteiger partial charge in [0.2, 0.25) is 0 Å². The molecule has 1 unspecified atom stereocenters. The second-order valence-electron chi connectivity index (χ2n) is 5.52. The minimum atomic E-state index is -4.57. The third-order valence-corrected chi connectivity index (χ3v) is 3.43. The fraction of sp³-hybridized carbons (Fsp3) is 0.222. The highest BCUT2D eigenvalue weighted by Gasteiger charge is 2.30. The Morgan fingerprint density at radius 2 is 1.68 bits per heavy atom. The Morgan fingerprint density at radius 3 is 2.25 bits per heavy atom. The summed E-state index contributed by atoms with van der Waals surface area (Å²) in [6.45, 7) is -1.79. The first-order valence-corrected chi connectivity index (χ1v) is 7.80. The van der Waals surface area contributed by atoms with Gasteiger partial charge in [0, 0.05) is 5.69 Å². The summed E-state index contributed by atoms with van der Waals surface area (Å²) < 4.78 is 71.3. The van der Waals surface area contributed by atoms with Crippen molar-refractivity contribution in [1.29, 1.82) is 0 Å². The minimum Gasteiger partial charge on any atom is -0.449 e. The molecule has 1 N–H and O–H groups in total. The molecule has 2 aromatic carbocycles. The molecule has 0 aliphatic rings. The molecule has 0 aliphatic heterocycles. The third-order valence-electron chi connectivity index (χ3n) is 3.43. The highest BCUT2D eigenvalue weighted by atomic mass is 19.4. The molecule has 0 spiro atoms. The maximum Gasteiger partial charge on any atom is 0.416 e. The normalized spacial score (nSPS) is 12.4. The van der Waals surface area contributed by atoms with Gasteiger partial charge in [0.15, 0.2) is 6.10 Å². The molecule has 10 heteroatoms. The first-order valence-electron chi connectivity index (χ1n) is 7.80. The molecule has 0 saturated heterocycles. The number of carbonyl (C=O) groups is 2. The summed E-state index contributed by atoms with van der Waals surface area (Å²) in [7, 11) is 0. The van der Waals surface area contributed by atoms with E-state index in [-0.39, 0.29) is 17.0 Å². The van der Waals surface area contributed by atoms with Crippen LogP contribution in [0, 0.1) is 0 Å². The van der Waals surface area contributed by atoms with Crippen LogP contribution in [0.5, 0.6) is 5.75 Å². The van der Waals surface area contributed by atoms with Crippen molar-refractivity contribution in [3.8, 4) is 5.75 Å². The molecule has 2 rings (SSSR count). The fourth-order valence-electron chi connectivity index (χ4n) is 2.07. The van der Waals surface area contributed by atoms with Crippen LogP contribution in [-0.4, -0.2) is 24.6 Å². The van der Waals surface area contributed by atoms with Crippen molar-refractivity contribution in [2.45, 2.75) is 25.8 Å². The zero-order valence-electron chi connectivity index (χ0n) is 14.3. The van der Waals surface area contributed by atoms with E-state index in [0.717, 1.165) is 42.5 Å². The van der Waals surface area contributed by atoms with Crippen molar-refractivity contribution in [2.24, 2.45) is 0 Å². The first kappa shape index (κ1) is 21.1. The molecule has 0 bridgehead atoms. The number of esters is 1. The summed E-state index contributed by atoms with van der Waals surface area (Å²) in [4.78, 5) is 24.0. The number of carbonyl (C=O) groups excluding carboxylic acids is 2. The highest BCUT2D eigenvalue weighted by Crippen LogP contribution is 2.30. The molecule has 1 amide bonds. The van der Waals surface area contributed by atoms with E-state index in [2.05, 4.69) is 10.1 Å². The van der Waals surface area contributed by atoms with Gasteiger partial charge < -0.3 is 14.8 Å². The quantitative estimate of drug-likeness (QED) is 0.570. The molecule has 2 aromatic rings. The number of alkyl halides is 5. The number of hydrogen-bond acceptors (Lipinski definition) is 4. The Bertz CT molecular complexity index is 837. The van der Waals surface area contributed by atoms with Crippen LogP contribution in [0.4, 0.5) is 27.6 Å². The van der Waals surface area contributed by atoms with Crippen LogP contribution in [0.1, 0.15) is 22.8 Å². The summed E-state index contributed by atoms with van der Waals surface area (Å²) in [6.07, 6.45) is -5.89. The Morgan fingerprint density at radius 1 is 1.04 bits per heavy atom. The predicted octanol–water partition coefficient (Wildman–Crippen LogP) is 4.49. The number of benzene rings is 2. The first-order chi connectivity index (χ1) is 13.1. The van der Waals surface area contributed by atoms with E-state index < -0.39 is 36.3 Å². The van der Waals surface area contributed by atoms with Crippen LogP contribution in [0.3, 0.4) is 0 Å². The lowest BCUT2D eigenvalue weighted by atomic mass is 10.2. The van der Waals surface area contributed by atoms with Gasteiger partial charge in [-0.25, -0.2) is 4.79 Å². The van der Waals surface area contributed by atoms with Crippen molar-refractivity contribution in [3.05, 3.63) is 59.7 Å². The third kappa shape index (κ3) is 5.93. The van der Waals surface area contributed by atoms with Gasteiger partial charge >= 0.3 is 18.8 Å². The standard InChI is InChI=1S/C18H14F5NO4/c1-10(15(25)24-13-4-2-3-12(9-13)18(21,22)23)27-16(26)11-5-7-14(8-6-11)28-17(19)20/h2-10,17H,1H3,(H,24,25). The zero-order chi connectivity index (χ0) is 20.9. The zero-order valence-corrected chi connectivity index (χ0v) is 14.3. The van der Waals surface area contributed by atoms with Gasteiger partial charge in [-0.05, 0) is 49.4 Å². The molecule has 0 fully saturated rings. The molecule has 0 heterocycles. The maximum atomic E-state index is 12.7. The van der Waals surface area contributed by atoms with Gasteiger partial charge in [0.1, 0.15) is 5.75 Å². The lowest BCUT2D eigenvalue weighted by Gasteiger charge is -2.15. The maximum absolute atomic E-state index is 12.7. The van der Waals surface area contributed by atoms with Crippen LogP contribution in [0.2, 0.25) is 0 Å². The van der Waals surface area contributed by atoms with Crippen LogP contribution >= 0.6 is 0 Å². The summed E-state index contributed by atoms with van der Waals surface area (Å²) in [6, 6.07) is 8.54. The lowest BCUT2D eigenvalue weighted by Crippen LogP contribution is -2.30. The molecule has 150 valence electrons. The summed E-state index contributed by atoms with van der Waals surface area (Å²) >= 11 is 0. The Hall–Kier alpha value is -3.17. The number of rotatable bonds is 6. The molecule has 0 radical (unpaired) electrons. The Balaban J connectivity index is 1.97. The smallest absolute Gasteiger partial charge is 0.416 e. The Labute approximate surface area is 156 Å². The van der Waals surface area contributed by atoms with Crippen molar-refractivity contribution in [1.82, 2.24) is 0 Å². The average molecular weight is 403 g/mol. The second kappa shape index (κ2) is 8.68. The SMILES string of the molecule is CC(OC(=O)c1ccc(OC(F)F)cc1)C(=O)Nc1cccc(C(F)(F)F)c1. The minimum absolute atomic E-state index is 0.0275. The van der Waals surface area contributed by atoms with Gasteiger partial charge in [0.25, 0.3) is 5.91 Å². The highest BCUT2D eigenvalue weighted by molar-refractivity contribution is 5.97. The molecule has 1 atom stereocenters. The summed E-state index contributed by atoms with van der Waals surface area (Å²) in [5.74, 6) is -1.93. The topological polar surface area (TPSA) is 64.6 Å². The van der Waals surface area contributed by atoms with E-state index in [1.165, 1.54) is 13.0 Å². The molecule has 0 aromatic heterocycles. The Kier molecular flexibility index (Phi) is 6.55. The van der Waals surface area contributed by atoms with E-state index in [1.807, 2.05) is 0 Å². The molecular formula is C18H14F5NO4. The molecular weight excluding hydrogens is 389 g/mol. The number of anilines is 1. The molecule has 28 heavy (non-hydrogen) atoms. The van der Waals surface area contributed by atoms with E-state index in [1.54, 1.807) is 0 Å². The van der Waals surface area contributed by atoms with E-state index in [4.69, 9.17) is 4.74 Å². The van der Waals surface area contributed by atoms with Crippen LogP contribution in [-0.2, 0) is 15.7 Å². The fourth-order valence-corrected chi connectivity index (χ4v) is 2.07. The van der Waals surface area contributed by atoms with Crippen molar-refractivity contribution in [2.75, 3.05) is 5.32 Å². The molecule has 0 aliphatic carbocycles. The number of hydrogen-bond donors (Lipinski definition) is 1. The van der Waals surface area contributed by atoms with Gasteiger partial charge in [-0.15, -0.1) is 0 Å². The van der Waals surface area contributed by atoms with Gasteiger partial charge in [-0.3, -0.25) is 4.79 Å². The van der Waals surface area contributed by atoms with Crippen LogP contribution in [0.15, 0.2) is 48.5 Å². The summed E-state index contributed by atoms with van der Waals surface area (Å²) in [5.41, 5.74) is -1.09. The van der Waals surface area contributed by atoms with Gasteiger partial charge in [-0.1, -0.05) is 6.07 Å². The molecule has 0 saturated carbocycles. The summed E-state index contributed by atoms with van der Waals surface area (Å²) in [5, 5.41) is 2.22. The van der Waals surface area contributed by atoms with Crippen LogP contribution in [0.25, 0.3) is 0 Å². The van der Waals surface area contributed by atoms with E-state index in [0.29, 0.717) is 0 Å². The van der Waals surface area contributed by atoms with Gasteiger partial charge in [-0.2, -0.15) is 22.0 Å². The monoisotopic (exact) mass is 403 g/mol. The lowest BCUT2D eigenvalue weighted by molar-refractivity contribution is -0.137. The number of halogens is 5. The molecule has 5 nitrogen and oxygen atoms in total. The van der Waals surface area contributed by atoms with Crippen molar-refractivity contribution >= 4 is 17.6 Å². The predicted molar refractivity (Wildman–Crippen MR) is 88.0 cm³/mol. The number of nitrogens with one attached hydrogen (secondary N) is 1. The van der Waals surface area contributed by atoms with Crippen LogP contribution < -0.4 is 10.1 Å². The van der Waals surface area contributed by atoms with E-state index in [9.17, 15) is 31.5 Å². The largest absolute Gasteiger partial charge is 0.449 e. The van der Waals surface area contributed by atoms with Crippen molar-refractivity contribution in [3.63, 3.8) is 0 Å². The van der Waals surface area contributed by atoms with Gasteiger partial charge in [0.05, 0.1) is 11.1 Å². The van der Waals surface area contributed by atoms with E-state index >= 15 is 0 Å². The average Bonchev–Trinajstić information content (AvgIpc) is 2.61. The van der Waals surface area contributed by atoms with Crippen molar-refractivity contribution < 1.29 is 41.0 Å². The second-order valence-corrected chi connectivity index (χ2v) is 5.52. The number of amides is 1.